The van der Waals surface area contributed by atoms with Crippen LogP contribution < -0.4 is 4.90 Å². The van der Waals surface area contributed by atoms with Crippen LogP contribution in [0.3, 0.4) is 0 Å². The van der Waals surface area contributed by atoms with Gasteiger partial charge < -0.3 is 4.90 Å². The van der Waals surface area contributed by atoms with Crippen LogP contribution in [0.15, 0.2) is 115 Å². The highest BCUT2D eigenvalue weighted by Crippen LogP contribution is 2.43. The van der Waals surface area contributed by atoms with Crippen molar-refractivity contribution in [3.63, 3.8) is 0 Å². The minimum Gasteiger partial charge on any atom is -0.310 e. The zero-order valence-electron chi connectivity index (χ0n) is 18.9. The summed E-state index contributed by atoms with van der Waals surface area (Å²) in [6, 6.07) is 41.8. The molecule has 6 aromatic carbocycles. The van der Waals surface area contributed by atoms with Crippen LogP contribution in [0.2, 0.25) is 0 Å². The largest absolute Gasteiger partial charge is 0.310 e. The van der Waals surface area contributed by atoms with Gasteiger partial charge in [0, 0.05) is 16.8 Å². The Bertz CT molecular complexity index is 1610. The first-order valence-corrected chi connectivity index (χ1v) is 11.5. The highest BCUT2D eigenvalue weighted by Gasteiger charge is 2.18. The molecule has 158 valence electrons. The fraction of sp³-hybridized carbons (Fsp3) is 0.0625. The number of para-hydroxylation sites is 1. The number of fused-ring (bicyclic) bond motifs is 5. The molecule has 0 fully saturated rings. The molecule has 0 atom stereocenters. The lowest BCUT2D eigenvalue weighted by atomic mass is 9.93. The van der Waals surface area contributed by atoms with E-state index in [-0.39, 0.29) is 0 Å². The van der Waals surface area contributed by atoms with E-state index in [1.54, 1.807) is 0 Å². The first-order chi connectivity index (χ1) is 16.2. The summed E-state index contributed by atoms with van der Waals surface area (Å²) >= 11 is 0. The van der Waals surface area contributed by atoms with Gasteiger partial charge in [-0.2, -0.15) is 0 Å². The van der Waals surface area contributed by atoms with Gasteiger partial charge in [-0.3, -0.25) is 0 Å². The van der Waals surface area contributed by atoms with Gasteiger partial charge in [0.05, 0.1) is 5.69 Å². The van der Waals surface area contributed by atoms with E-state index in [0.717, 1.165) is 11.4 Å². The standard InChI is InChI=1S/C32H25N/c1-22-16-18-25(19-17-22)33(24-10-4-3-5-11-24)32-21-31-27-13-7-6-12-26(27)23(2)20-30(31)28-14-8-9-15-29(28)32/h3-21H,1-2H3. The summed E-state index contributed by atoms with van der Waals surface area (Å²) < 4.78 is 0. The van der Waals surface area contributed by atoms with Crippen LogP contribution in [0.25, 0.3) is 32.3 Å². The van der Waals surface area contributed by atoms with Crippen LogP contribution in [0.1, 0.15) is 11.1 Å². The van der Waals surface area contributed by atoms with Crippen molar-refractivity contribution in [1.82, 2.24) is 0 Å². The molecule has 0 heterocycles. The fourth-order valence-electron chi connectivity index (χ4n) is 5.00. The molecule has 0 aliphatic heterocycles. The number of benzene rings is 6. The molecule has 0 aromatic heterocycles. The fourth-order valence-corrected chi connectivity index (χ4v) is 5.00. The van der Waals surface area contributed by atoms with Gasteiger partial charge >= 0.3 is 0 Å². The Kier molecular flexibility index (Phi) is 4.62. The van der Waals surface area contributed by atoms with Crippen molar-refractivity contribution in [1.29, 1.82) is 0 Å². The molecule has 1 nitrogen and oxygen atoms in total. The number of nitrogens with zero attached hydrogens (tertiary/aromatic N) is 1. The van der Waals surface area contributed by atoms with E-state index in [4.69, 9.17) is 0 Å². The predicted octanol–water partition coefficient (Wildman–Crippen LogP) is 9.23. The maximum atomic E-state index is 2.38. The number of rotatable bonds is 3. The molecular formula is C32H25N. The summed E-state index contributed by atoms with van der Waals surface area (Å²) in [5.74, 6) is 0. The van der Waals surface area contributed by atoms with Crippen molar-refractivity contribution in [2.75, 3.05) is 4.90 Å². The Morgan fingerprint density at radius 1 is 0.424 bits per heavy atom. The third-order valence-corrected chi connectivity index (χ3v) is 6.61. The van der Waals surface area contributed by atoms with Gasteiger partial charge in [0.1, 0.15) is 0 Å². The Morgan fingerprint density at radius 2 is 0.939 bits per heavy atom. The second-order valence-corrected chi connectivity index (χ2v) is 8.78. The zero-order valence-corrected chi connectivity index (χ0v) is 18.9. The smallest absolute Gasteiger partial charge is 0.0546 e. The number of hydrogen-bond acceptors (Lipinski definition) is 1. The molecule has 0 aliphatic carbocycles. The molecule has 0 radical (unpaired) electrons. The van der Waals surface area contributed by atoms with Crippen LogP contribution in [0.5, 0.6) is 0 Å². The van der Waals surface area contributed by atoms with Gasteiger partial charge in [0.25, 0.3) is 0 Å². The molecule has 0 N–H and O–H groups in total. The molecular weight excluding hydrogens is 398 g/mol. The van der Waals surface area contributed by atoms with Crippen molar-refractivity contribution in [2.24, 2.45) is 0 Å². The van der Waals surface area contributed by atoms with E-state index in [1.807, 2.05) is 0 Å². The summed E-state index contributed by atoms with van der Waals surface area (Å²) in [5, 5.41) is 7.75. The van der Waals surface area contributed by atoms with E-state index < -0.39 is 0 Å². The van der Waals surface area contributed by atoms with Gasteiger partial charge in [0.15, 0.2) is 0 Å². The SMILES string of the molecule is Cc1ccc(N(c2ccccc2)c2cc3c4ccccc4c(C)cc3c3ccccc23)cc1. The summed E-state index contributed by atoms with van der Waals surface area (Å²) in [7, 11) is 0. The Morgan fingerprint density at radius 3 is 1.64 bits per heavy atom. The number of aryl methyl sites for hydroxylation is 2. The van der Waals surface area contributed by atoms with Crippen molar-refractivity contribution in [3.8, 4) is 0 Å². The molecule has 33 heavy (non-hydrogen) atoms. The molecule has 6 aromatic rings. The maximum absolute atomic E-state index is 2.38. The second-order valence-electron chi connectivity index (χ2n) is 8.78. The molecule has 0 aliphatic rings. The van der Waals surface area contributed by atoms with E-state index >= 15 is 0 Å². The second kappa shape index (κ2) is 7.79. The summed E-state index contributed by atoms with van der Waals surface area (Å²) in [6.45, 7) is 4.35. The Hall–Kier alpha value is -4.10. The van der Waals surface area contributed by atoms with Crippen molar-refractivity contribution >= 4 is 49.4 Å². The topological polar surface area (TPSA) is 3.24 Å². The van der Waals surface area contributed by atoms with E-state index in [1.165, 1.54) is 49.1 Å². The minimum absolute atomic E-state index is 1.15. The first kappa shape index (κ1) is 19.6. The maximum Gasteiger partial charge on any atom is 0.0546 e. The lowest BCUT2D eigenvalue weighted by Crippen LogP contribution is -2.10. The van der Waals surface area contributed by atoms with Gasteiger partial charge in [-0.15, -0.1) is 0 Å². The van der Waals surface area contributed by atoms with Gasteiger partial charge in [-0.25, -0.2) is 0 Å². The molecule has 0 bridgehead atoms. The molecule has 0 saturated heterocycles. The van der Waals surface area contributed by atoms with Gasteiger partial charge in [-0.1, -0.05) is 90.5 Å². The third-order valence-electron chi connectivity index (χ3n) is 6.61. The monoisotopic (exact) mass is 423 g/mol. The van der Waals surface area contributed by atoms with Crippen molar-refractivity contribution < 1.29 is 0 Å². The van der Waals surface area contributed by atoms with Crippen LogP contribution in [0, 0.1) is 13.8 Å². The molecule has 0 unspecified atom stereocenters. The summed E-state index contributed by atoms with van der Waals surface area (Å²) in [4.78, 5) is 2.38. The lowest BCUT2D eigenvalue weighted by Gasteiger charge is -2.28. The van der Waals surface area contributed by atoms with Crippen LogP contribution >= 0.6 is 0 Å². The van der Waals surface area contributed by atoms with E-state index in [2.05, 4.69) is 134 Å². The highest BCUT2D eigenvalue weighted by molar-refractivity contribution is 6.22. The number of anilines is 3. The Labute approximate surface area is 194 Å². The summed E-state index contributed by atoms with van der Waals surface area (Å²) in [5.41, 5.74) is 6.09. The molecule has 0 amide bonds. The van der Waals surface area contributed by atoms with E-state index in [9.17, 15) is 0 Å². The molecule has 6 rings (SSSR count). The normalized spacial score (nSPS) is 11.3. The summed E-state index contributed by atoms with van der Waals surface area (Å²) in [6.07, 6.45) is 0. The van der Waals surface area contributed by atoms with Gasteiger partial charge in [0.2, 0.25) is 0 Å². The molecule has 0 saturated carbocycles. The van der Waals surface area contributed by atoms with E-state index in [0.29, 0.717) is 0 Å². The lowest BCUT2D eigenvalue weighted by molar-refractivity contribution is 1.29. The van der Waals surface area contributed by atoms with Gasteiger partial charge in [-0.05, 0) is 76.7 Å². The highest BCUT2D eigenvalue weighted by atomic mass is 15.1. The minimum atomic E-state index is 1.15. The first-order valence-electron chi connectivity index (χ1n) is 11.5. The van der Waals surface area contributed by atoms with Crippen LogP contribution in [-0.4, -0.2) is 0 Å². The predicted molar refractivity (Wildman–Crippen MR) is 143 cm³/mol. The van der Waals surface area contributed by atoms with Crippen molar-refractivity contribution in [3.05, 3.63) is 126 Å². The van der Waals surface area contributed by atoms with Crippen molar-refractivity contribution in [2.45, 2.75) is 13.8 Å². The average Bonchev–Trinajstić information content (AvgIpc) is 2.87. The zero-order chi connectivity index (χ0) is 22.4. The Balaban J connectivity index is 1.76. The van der Waals surface area contributed by atoms with Crippen LogP contribution in [-0.2, 0) is 0 Å². The molecule has 0 spiro atoms. The third kappa shape index (κ3) is 3.25. The molecule has 1 heteroatoms. The average molecular weight is 424 g/mol. The van der Waals surface area contributed by atoms with Crippen LogP contribution in [0.4, 0.5) is 17.1 Å². The number of hydrogen-bond donors (Lipinski definition) is 0. The quantitative estimate of drug-likeness (QED) is 0.256.